The normalized spacial score (nSPS) is 13.6. The summed E-state index contributed by atoms with van der Waals surface area (Å²) >= 11 is 0.705. The van der Waals surface area contributed by atoms with E-state index in [2.05, 4.69) is 39.3 Å². The first kappa shape index (κ1) is 12.0. The number of hydrogen-bond acceptors (Lipinski definition) is 0. The van der Waals surface area contributed by atoms with E-state index in [1.807, 2.05) is 0 Å². The van der Waals surface area contributed by atoms with Gasteiger partial charge in [-0.2, -0.15) is 0 Å². The maximum atomic E-state index is 2.49. The van der Waals surface area contributed by atoms with Gasteiger partial charge in [0.1, 0.15) is 0 Å². The predicted molar refractivity (Wildman–Crippen MR) is 62.1 cm³/mol. The van der Waals surface area contributed by atoms with Crippen LogP contribution in [0.1, 0.15) is 0 Å². The minimum atomic E-state index is -0.693. The molecular formula is C8H22AsSi2. The Hall–Kier alpha value is 0.992. The molecule has 0 saturated carbocycles. The Labute approximate surface area is 80.9 Å². The fraction of sp³-hybridized carbons (Fsp3) is 1.00. The van der Waals surface area contributed by atoms with Crippen LogP contribution in [0.3, 0.4) is 0 Å². The Morgan fingerprint density at radius 3 is 1.18 bits per heavy atom. The van der Waals surface area contributed by atoms with Crippen molar-refractivity contribution in [1.82, 2.24) is 0 Å². The van der Waals surface area contributed by atoms with Gasteiger partial charge in [0, 0.05) is 0 Å². The van der Waals surface area contributed by atoms with Gasteiger partial charge < -0.3 is 0 Å². The first-order valence-corrected chi connectivity index (χ1v) is 14.4. The van der Waals surface area contributed by atoms with Crippen LogP contribution in [0.4, 0.5) is 0 Å². The second-order valence-corrected chi connectivity index (χ2v) is 21.5. The van der Waals surface area contributed by atoms with Crippen LogP contribution in [0, 0.1) is 0 Å². The second kappa shape index (κ2) is 4.29. The van der Waals surface area contributed by atoms with Gasteiger partial charge in [0.15, 0.2) is 0 Å². The van der Waals surface area contributed by atoms with Crippen molar-refractivity contribution in [2.24, 2.45) is 0 Å². The number of rotatable bonds is 4. The molecule has 0 bridgehead atoms. The van der Waals surface area contributed by atoms with E-state index in [1.165, 1.54) is 0 Å². The molecule has 0 atom stereocenters. The molecule has 11 heavy (non-hydrogen) atoms. The summed E-state index contributed by atoms with van der Waals surface area (Å²) in [6, 6.07) is 0. The SMILES string of the molecule is C[Si](C)(C)C[As]C[Si](C)(C)C. The molecule has 0 aliphatic heterocycles. The van der Waals surface area contributed by atoms with E-state index in [0.717, 1.165) is 0 Å². The molecule has 0 spiro atoms. The Morgan fingerprint density at radius 1 is 0.727 bits per heavy atom. The quantitative estimate of drug-likeness (QED) is 0.671. The molecule has 67 valence electrons. The summed E-state index contributed by atoms with van der Waals surface area (Å²) in [5.41, 5.74) is 0. The predicted octanol–water partition coefficient (Wildman–Crippen LogP) is 3.28. The van der Waals surface area contributed by atoms with Gasteiger partial charge in [-0.05, 0) is 0 Å². The summed E-state index contributed by atoms with van der Waals surface area (Å²) in [5, 5.41) is 0. The van der Waals surface area contributed by atoms with Crippen LogP contribution in [0.25, 0.3) is 0 Å². The van der Waals surface area contributed by atoms with Crippen molar-refractivity contribution in [3.63, 3.8) is 0 Å². The zero-order valence-corrected chi connectivity index (χ0v) is 12.7. The summed E-state index contributed by atoms with van der Waals surface area (Å²) < 4.78 is 0. The summed E-state index contributed by atoms with van der Waals surface area (Å²) in [6.07, 6.45) is 0. The monoisotopic (exact) mass is 249 g/mol. The van der Waals surface area contributed by atoms with Crippen molar-refractivity contribution in [3.05, 3.63) is 0 Å². The van der Waals surface area contributed by atoms with Gasteiger partial charge in [0.05, 0.1) is 0 Å². The Kier molecular flexibility index (Phi) is 4.68. The zero-order chi connectivity index (χ0) is 9.12. The van der Waals surface area contributed by atoms with Crippen molar-refractivity contribution in [2.75, 3.05) is 0 Å². The molecule has 0 rings (SSSR count). The Bertz CT molecular complexity index is 96.2. The van der Waals surface area contributed by atoms with Gasteiger partial charge in [-0.1, -0.05) is 0 Å². The molecule has 0 fully saturated rings. The van der Waals surface area contributed by atoms with Crippen molar-refractivity contribution in [3.8, 4) is 0 Å². The van der Waals surface area contributed by atoms with Gasteiger partial charge in [-0.25, -0.2) is 0 Å². The summed E-state index contributed by atoms with van der Waals surface area (Å²) in [5.74, 6) is 0. The van der Waals surface area contributed by atoms with Crippen molar-refractivity contribution in [2.45, 2.75) is 48.9 Å². The van der Waals surface area contributed by atoms with E-state index >= 15 is 0 Å². The van der Waals surface area contributed by atoms with Gasteiger partial charge in [-0.3, -0.25) is 0 Å². The van der Waals surface area contributed by atoms with Crippen molar-refractivity contribution in [1.29, 1.82) is 0 Å². The fourth-order valence-corrected chi connectivity index (χ4v) is 13.1. The molecule has 1 radical (unpaired) electrons. The molecule has 0 saturated heterocycles. The minimum absolute atomic E-state index is 0.693. The third-order valence-corrected chi connectivity index (χ3v) is 18.3. The molecule has 3 heteroatoms. The molecule has 0 unspecified atom stereocenters. The molecule has 0 heterocycles. The molecule has 0 aliphatic rings. The van der Waals surface area contributed by atoms with Crippen LogP contribution in [-0.2, 0) is 0 Å². The van der Waals surface area contributed by atoms with Crippen LogP contribution in [0.2, 0.25) is 48.9 Å². The van der Waals surface area contributed by atoms with E-state index in [4.69, 9.17) is 0 Å². The number of hydrogen-bond donors (Lipinski definition) is 0. The van der Waals surface area contributed by atoms with Crippen LogP contribution >= 0.6 is 0 Å². The average molecular weight is 249 g/mol. The first-order chi connectivity index (χ1) is 4.71. The average Bonchev–Trinajstić information content (AvgIpc) is 1.55. The summed E-state index contributed by atoms with van der Waals surface area (Å²) in [7, 11) is -1.39. The van der Waals surface area contributed by atoms with E-state index < -0.39 is 16.1 Å². The zero-order valence-electron chi connectivity index (χ0n) is 8.86. The molecule has 0 amide bonds. The second-order valence-electron chi connectivity index (χ2n) is 5.66. The van der Waals surface area contributed by atoms with Gasteiger partial charge in [-0.15, -0.1) is 0 Å². The van der Waals surface area contributed by atoms with Crippen molar-refractivity contribution < 1.29 is 0 Å². The molecular weight excluding hydrogens is 227 g/mol. The van der Waals surface area contributed by atoms with E-state index in [9.17, 15) is 0 Å². The molecule has 0 aromatic carbocycles. The first-order valence-electron chi connectivity index (χ1n) is 4.34. The third-order valence-electron chi connectivity index (χ3n) is 1.17. The molecule has 0 nitrogen and oxygen atoms in total. The third kappa shape index (κ3) is 11.0. The van der Waals surface area contributed by atoms with Crippen LogP contribution < -0.4 is 0 Å². The van der Waals surface area contributed by atoms with Gasteiger partial charge in [0.2, 0.25) is 0 Å². The van der Waals surface area contributed by atoms with E-state index in [1.54, 1.807) is 9.66 Å². The summed E-state index contributed by atoms with van der Waals surface area (Å²) in [6.45, 7) is 15.0. The molecule has 0 aromatic heterocycles. The maximum absolute atomic E-state index is 2.49. The Morgan fingerprint density at radius 2 is 1.00 bits per heavy atom. The Balaban J connectivity index is 3.44. The standard InChI is InChI=1S/C8H22AsSi2/c1-10(2,3)7-9-8-11(4,5)6/h7-8H2,1-6H3. The van der Waals surface area contributed by atoms with E-state index in [0.29, 0.717) is 15.8 Å². The van der Waals surface area contributed by atoms with Crippen LogP contribution in [0.15, 0.2) is 0 Å². The van der Waals surface area contributed by atoms with Gasteiger partial charge in [0.25, 0.3) is 0 Å². The molecule has 0 N–H and O–H groups in total. The van der Waals surface area contributed by atoms with Gasteiger partial charge >= 0.3 is 80.8 Å². The van der Waals surface area contributed by atoms with Crippen molar-refractivity contribution >= 4 is 31.9 Å². The topological polar surface area (TPSA) is 0 Å². The fourth-order valence-electron chi connectivity index (χ4n) is 0.727. The molecule has 0 aliphatic carbocycles. The van der Waals surface area contributed by atoms with Crippen LogP contribution in [0.5, 0.6) is 0 Å². The van der Waals surface area contributed by atoms with E-state index in [-0.39, 0.29) is 0 Å². The molecule has 0 aromatic rings. The van der Waals surface area contributed by atoms with Crippen LogP contribution in [-0.4, -0.2) is 31.9 Å². The summed E-state index contributed by atoms with van der Waals surface area (Å²) in [4.78, 5) is 3.24.